The number of benzene rings is 2. The maximum Gasteiger partial charge on any atom is 0.322 e. The fourth-order valence-electron chi connectivity index (χ4n) is 4.03. The molecule has 3 amide bonds. The lowest BCUT2D eigenvalue weighted by atomic mass is 10.1. The summed E-state index contributed by atoms with van der Waals surface area (Å²) in [6.07, 6.45) is 0. The van der Waals surface area contributed by atoms with Crippen molar-refractivity contribution in [3.63, 3.8) is 0 Å². The van der Waals surface area contributed by atoms with Gasteiger partial charge < -0.3 is 29.4 Å². The third kappa shape index (κ3) is 5.60. The second-order valence-electron chi connectivity index (χ2n) is 8.44. The molecule has 0 spiro atoms. The van der Waals surface area contributed by atoms with E-state index in [1.165, 1.54) is 0 Å². The Labute approximate surface area is 210 Å². The zero-order valence-electron chi connectivity index (χ0n) is 21.0. The standard InChI is InChI=1S/C26H31N5O5/c1-17-22(28-25(36-17)19-7-5-18(6-8-19)24(32)27-2)16-30-11-13-31(14-12-30)26(33)29-21-15-20(34-3)9-10-23(21)35-4/h5-10,15H,11-14,16H2,1-4H3,(H,27,32)(H,29,33). The SMILES string of the molecule is CNC(=O)c1ccc(-c2nc(CN3CCN(C(=O)Nc4cc(OC)ccc4OC)CC3)c(C)o2)cc1. The van der Waals surface area contributed by atoms with Gasteiger partial charge in [0.1, 0.15) is 17.3 Å². The van der Waals surface area contributed by atoms with E-state index in [1.54, 1.807) is 56.5 Å². The summed E-state index contributed by atoms with van der Waals surface area (Å²) in [5, 5.41) is 5.54. The molecule has 10 heteroatoms. The van der Waals surface area contributed by atoms with Gasteiger partial charge in [0.15, 0.2) is 0 Å². The number of aromatic nitrogens is 1. The van der Waals surface area contributed by atoms with Gasteiger partial charge in [-0.1, -0.05) is 0 Å². The Morgan fingerprint density at radius 2 is 1.75 bits per heavy atom. The quantitative estimate of drug-likeness (QED) is 0.519. The second kappa shape index (κ2) is 11.1. The van der Waals surface area contributed by atoms with Crippen molar-refractivity contribution in [3.8, 4) is 23.0 Å². The van der Waals surface area contributed by atoms with Gasteiger partial charge in [-0.05, 0) is 43.3 Å². The van der Waals surface area contributed by atoms with E-state index >= 15 is 0 Å². The molecule has 1 aliphatic heterocycles. The van der Waals surface area contributed by atoms with E-state index in [-0.39, 0.29) is 11.9 Å². The van der Waals surface area contributed by atoms with Gasteiger partial charge in [-0.15, -0.1) is 0 Å². The molecule has 0 aliphatic carbocycles. The van der Waals surface area contributed by atoms with Crippen molar-refractivity contribution < 1.29 is 23.5 Å². The molecule has 0 atom stereocenters. The molecule has 10 nitrogen and oxygen atoms in total. The highest BCUT2D eigenvalue weighted by Gasteiger charge is 2.24. The van der Waals surface area contributed by atoms with Gasteiger partial charge in [-0.25, -0.2) is 9.78 Å². The maximum absolute atomic E-state index is 12.8. The molecule has 0 radical (unpaired) electrons. The zero-order chi connectivity index (χ0) is 25.7. The van der Waals surface area contributed by atoms with Crippen molar-refractivity contribution in [2.75, 3.05) is 52.8 Å². The van der Waals surface area contributed by atoms with Crippen LogP contribution in [0.25, 0.3) is 11.5 Å². The van der Waals surface area contributed by atoms with Crippen molar-refractivity contribution >= 4 is 17.6 Å². The van der Waals surface area contributed by atoms with Gasteiger partial charge in [0.2, 0.25) is 5.89 Å². The Hall–Kier alpha value is -4.05. The molecule has 1 aliphatic rings. The highest BCUT2D eigenvalue weighted by molar-refractivity contribution is 5.94. The minimum absolute atomic E-state index is 0.138. The van der Waals surface area contributed by atoms with E-state index < -0.39 is 0 Å². The normalized spacial score (nSPS) is 13.8. The average molecular weight is 494 g/mol. The van der Waals surface area contributed by atoms with Gasteiger partial charge in [0, 0.05) is 57.0 Å². The molecule has 2 heterocycles. The molecule has 1 fully saturated rings. The predicted molar refractivity (Wildman–Crippen MR) is 135 cm³/mol. The number of anilines is 1. The Balaban J connectivity index is 1.34. The largest absolute Gasteiger partial charge is 0.497 e. The molecule has 3 aromatic rings. The molecule has 2 N–H and O–H groups in total. The van der Waals surface area contributed by atoms with Crippen molar-refractivity contribution in [3.05, 3.63) is 59.5 Å². The van der Waals surface area contributed by atoms with Crippen LogP contribution in [0, 0.1) is 6.92 Å². The number of oxazole rings is 1. The first-order chi connectivity index (χ1) is 17.4. The second-order valence-corrected chi connectivity index (χ2v) is 8.44. The van der Waals surface area contributed by atoms with Crippen LogP contribution >= 0.6 is 0 Å². The van der Waals surface area contributed by atoms with Gasteiger partial charge >= 0.3 is 6.03 Å². The van der Waals surface area contributed by atoms with Crippen molar-refractivity contribution in [2.24, 2.45) is 0 Å². The number of nitrogens with zero attached hydrogens (tertiary/aromatic N) is 3. The van der Waals surface area contributed by atoms with Gasteiger partial charge in [-0.2, -0.15) is 0 Å². The van der Waals surface area contributed by atoms with Crippen LogP contribution in [0.4, 0.5) is 10.5 Å². The highest BCUT2D eigenvalue weighted by Crippen LogP contribution is 2.29. The van der Waals surface area contributed by atoms with Gasteiger partial charge in [0.25, 0.3) is 5.91 Å². The van der Waals surface area contributed by atoms with E-state index in [2.05, 4.69) is 20.5 Å². The summed E-state index contributed by atoms with van der Waals surface area (Å²) in [6, 6.07) is 12.3. The van der Waals surface area contributed by atoms with Crippen LogP contribution in [-0.4, -0.2) is 74.2 Å². The molecule has 1 aromatic heterocycles. The Kier molecular flexibility index (Phi) is 7.74. The summed E-state index contributed by atoms with van der Waals surface area (Å²) in [5.74, 6) is 2.35. The summed E-state index contributed by atoms with van der Waals surface area (Å²) in [7, 11) is 4.74. The number of piperazine rings is 1. The number of hydrogen-bond acceptors (Lipinski definition) is 7. The lowest BCUT2D eigenvalue weighted by Gasteiger charge is -2.34. The molecular weight excluding hydrogens is 462 g/mol. The minimum atomic E-state index is -0.179. The fourth-order valence-corrected chi connectivity index (χ4v) is 4.03. The summed E-state index contributed by atoms with van der Waals surface area (Å²) < 4.78 is 16.5. The van der Waals surface area contributed by atoms with Gasteiger partial charge in [0.05, 0.1) is 25.6 Å². The lowest BCUT2D eigenvalue weighted by Crippen LogP contribution is -2.49. The van der Waals surface area contributed by atoms with Gasteiger partial charge in [-0.3, -0.25) is 9.69 Å². The predicted octanol–water partition coefficient (Wildman–Crippen LogP) is 3.38. The van der Waals surface area contributed by atoms with E-state index in [0.717, 1.165) is 17.0 Å². The molecule has 36 heavy (non-hydrogen) atoms. The Morgan fingerprint density at radius 3 is 2.39 bits per heavy atom. The smallest absolute Gasteiger partial charge is 0.322 e. The third-order valence-electron chi connectivity index (χ3n) is 6.19. The van der Waals surface area contributed by atoms with Crippen LogP contribution < -0.4 is 20.1 Å². The number of ether oxygens (including phenoxy) is 2. The molecule has 1 saturated heterocycles. The highest BCUT2D eigenvalue weighted by atomic mass is 16.5. The van der Waals surface area contributed by atoms with Crippen LogP contribution in [0.5, 0.6) is 11.5 Å². The van der Waals surface area contributed by atoms with E-state index in [1.807, 2.05) is 19.1 Å². The summed E-state index contributed by atoms with van der Waals surface area (Å²) >= 11 is 0. The Bertz CT molecular complexity index is 1220. The van der Waals surface area contributed by atoms with Crippen LogP contribution in [0.15, 0.2) is 46.9 Å². The van der Waals surface area contributed by atoms with E-state index in [0.29, 0.717) is 61.4 Å². The van der Waals surface area contributed by atoms with Crippen LogP contribution in [-0.2, 0) is 6.54 Å². The first-order valence-electron chi connectivity index (χ1n) is 11.7. The summed E-state index contributed by atoms with van der Waals surface area (Å²) in [4.78, 5) is 33.3. The number of carbonyl (C=O) groups excluding carboxylic acids is 2. The Morgan fingerprint density at radius 1 is 1.03 bits per heavy atom. The minimum Gasteiger partial charge on any atom is -0.497 e. The number of nitrogens with one attached hydrogen (secondary N) is 2. The van der Waals surface area contributed by atoms with E-state index in [4.69, 9.17) is 13.9 Å². The summed E-state index contributed by atoms with van der Waals surface area (Å²) in [5.41, 5.74) is 2.82. The molecule has 190 valence electrons. The monoisotopic (exact) mass is 493 g/mol. The zero-order valence-corrected chi connectivity index (χ0v) is 21.0. The number of amides is 3. The van der Waals surface area contributed by atoms with Crippen LogP contribution in [0.2, 0.25) is 0 Å². The number of methoxy groups -OCH3 is 2. The maximum atomic E-state index is 12.8. The number of aryl methyl sites for hydroxylation is 1. The first-order valence-corrected chi connectivity index (χ1v) is 11.7. The topological polar surface area (TPSA) is 109 Å². The lowest BCUT2D eigenvalue weighted by molar-refractivity contribution is 0.0963. The number of hydrogen-bond donors (Lipinski definition) is 2. The first kappa shape index (κ1) is 25.1. The average Bonchev–Trinajstić information content (AvgIpc) is 3.28. The van der Waals surface area contributed by atoms with Crippen LogP contribution in [0.3, 0.4) is 0 Å². The molecule has 4 rings (SSSR count). The van der Waals surface area contributed by atoms with E-state index in [9.17, 15) is 9.59 Å². The fraction of sp³-hybridized carbons (Fsp3) is 0.346. The number of urea groups is 1. The van der Waals surface area contributed by atoms with Crippen molar-refractivity contribution in [1.29, 1.82) is 0 Å². The van der Waals surface area contributed by atoms with Crippen LogP contribution in [0.1, 0.15) is 21.8 Å². The molecular formula is C26H31N5O5. The molecule has 0 saturated carbocycles. The summed E-state index contributed by atoms with van der Waals surface area (Å²) in [6.45, 7) is 5.13. The number of rotatable bonds is 7. The number of carbonyl (C=O) groups is 2. The molecule has 2 aromatic carbocycles. The van der Waals surface area contributed by atoms with Crippen molar-refractivity contribution in [1.82, 2.24) is 20.1 Å². The molecule has 0 bridgehead atoms. The van der Waals surface area contributed by atoms with Crippen molar-refractivity contribution in [2.45, 2.75) is 13.5 Å². The molecule has 0 unspecified atom stereocenters. The third-order valence-corrected chi connectivity index (χ3v) is 6.19.